The minimum absolute atomic E-state index is 0.145. The Morgan fingerprint density at radius 1 is 1.12 bits per heavy atom. The van der Waals surface area contributed by atoms with Crippen molar-refractivity contribution in [3.05, 3.63) is 18.3 Å². The smallest absolute Gasteiger partial charge is 0.289 e. The third-order valence-electron chi connectivity index (χ3n) is 4.79. The maximum atomic E-state index is 13.8. The van der Waals surface area contributed by atoms with Crippen LogP contribution in [0.5, 0.6) is 0 Å². The fraction of sp³-hybridized carbons (Fsp3) is 0.533. The first-order chi connectivity index (χ1) is 11.5. The molecule has 4 heterocycles. The number of amides is 1. The summed E-state index contributed by atoms with van der Waals surface area (Å²) in [6.45, 7) is 4.16. The lowest BCUT2D eigenvalue weighted by Crippen LogP contribution is -2.38. The molecule has 7 nitrogen and oxygen atoms in total. The van der Waals surface area contributed by atoms with Crippen molar-refractivity contribution in [2.75, 3.05) is 31.1 Å². The van der Waals surface area contributed by atoms with Gasteiger partial charge in [-0.25, -0.2) is 23.7 Å². The van der Waals surface area contributed by atoms with E-state index < -0.39 is 17.9 Å². The van der Waals surface area contributed by atoms with Crippen LogP contribution in [0.4, 0.5) is 14.6 Å². The molecule has 3 unspecified atom stereocenters. The van der Waals surface area contributed by atoms with E-state index in [1.54, 1.807) is 0 Å². The van der Waals surface area contributed by atoms with Gasteiger partial charge in [0.2, 0.25) is 12.1 Å². The zero-order valence-corrected chi connectivity index (χ0v) is 13.1. The van der Waals surface area contributed by atoms with Crippen LogP contribution in [0.2, 0.25) is 0 Å². The first kappa shape index (κ1) is 15.1. The van der Waals surface area contributed by atoms with E-state index in [0.717, 1.165) is 6.20 Å². The number of hydrogen-bond donors (Lipinski definition) is 0. The number of hydrogen-bond acceptors (Lipinski definition) is 6. The molecule has 2 saturated heterocycles. The number of guanidine groups is 1. The number of aliphatic imine (C=N–C) groups is 2. The van der Waals surface area contributed by atoms with E-state index in [2.05, 4.69) is 20.0 Å². The van der Waals surface area contributed by atoms with Crippen molar-refractivity contribution in [2.45, 2.75) is 13.1 Å². The Labute approximate surface area is 137 Å². The van der Waals surface area contributed by atoms with E-state index >= 15 is 0 Å². The molecule has 0 saturated carbocycles. The molecule has 9 heteroatoms. The van der Waals surface area contributed by atoms with Crippen LogP contribution in [0, 0.1) is 17.7 Å². The number of anilines is 1. The lowest BCUT2D eigenvalue weighted by atomic mass is 10.0. The number of nitrogens with zero attached hydrogens (tertiary/aromatic N) is 6. The van der Waals surface area contributed by atoms with E-state index in [-0.39, 0.29) is 5.71 Å². The van der Waals surface area contributed by atoms with E-state index in [1.165, 1.54) is 13.3 Å². The zero-order chi connectivity index (χ0) is 16.8. The monoisotopic (exact) mass is 334 g/mol. The molecule has 3 atom stereocenters. The van der Waals surface area contributed by atoms with Crippen molar-refractivity contribution in [2.24, 2.45) is 21.8 Å². The molecule has 0 spiro atoms. The molecule has 0 radical (unpaired) electrons. The predicted octanol–water partition coefficient (Wildman–Crippen LogP) is 0.679. The van der Waals surface area contributed by atoms with E-state index in [0.29, 0.717) is 49.8 Å². The fourth-order valence-electron chi connectivity index (χ4n) is 3.58. The quantitative estimate of drug-likeness (QED) is 0.755. The Morgan fingerprint density at radius 2 is 1.79 bits per heavy atom. The minimum atomic E-state index is -1.73. The number of aromatic nitrogens is 2. The predicted molar refractivity (Wildman–Crippen MR) is 83.2 cm³/mol. The summed E-state index contributed by atoms with van der Waals surface area (Å²) in [6, 6.07) is 0. The molecule has 0 aromatic carbocycles. The molecule has 0 bridgehead atoms. The number of rotatable bonds is 1. The maximum absolute atomic E-state index is 13.8. The van der Waals surface area contributed by atoms with Gasteiger partial charge in [-0.1, -0.05) is 0 Å². The van der Waals surface area contributed by atoms with Crippen LogP contribution in [0.3, 0.4) is 0 Å². The molecule has 1 aromatic heterocycles. The third-order valence-corrected chi connectivity index (χ3v) is 4.79. The average Bonchev–Trinajstić information content (AvgIpc) is 3.11. The fourth-order valence-corrected chi connectivity index (χ4v) is 3.58. The van der Waals surface area contributed by atoms with Crippen molar-refractivity contribution >= 4 is 23.4 Å². The van der Waals surface area contributed by atoms with Crippen molar-refractivity contribution in [3.63, 3.8) is 0 Å². The zero-order valence-electron chi connectivity index (χ0n) is 13.1. The Morgan fingerprint density at radius 3 is 2.42 bits per heavy atom. The van der Waals surface area contributed by atoms with Gasteiger partial charge in [0.05, 0.1) is 11.9 Å². The van der Waals surface area contributed by atoms with E-state index in [9.17, 15) is 13.6 Å². The van der Waals surface area contributed by atoms with Crippen LogP contribution in [-0.2, 0) is 4.79 Å². The first-order valence-electron chi connectivity index (χ1n) is 7.80. The van der Waals surface area contributed by atoms with Crippen molar-refractivity contribution in [3.8, 4) is 0 Å². The summed E-state index contributed by atoms with van der Waals surface area (Å²) in [5.74, 6) is 0.00224. The number of carbonyl (C=O) groups is 1. The summed E-state index contributed by atoms with van der Waals surface area (Å²) in [7, 11) is 0. The molecule has 3 aliphatic rings. The van der Waals surface area contributed by atoms with Gasteiger partial charge in [0.25, 0.3) is 5.91 Å². The van der Waals surface area contributed by atoms with Crippen LogP contribution in [-0.4, -0.2) is 64.8 Å². The summed E-state index contributed by atoms with van der Waals surface area (Å²) in [4.78, 5) is 31.0. The molecule has 4 rings (SSSR count). The van der Waals surface area contributed by atoms with Gasteiger partial charge in [-0.15, -0.1) is 0 Å². The number of likely N-dealkylation sites (tertiary alicyclic amines) is 1. The second-order valence-corrected chi connectivity index (χ2v) is 6.39. The van der Waals surface area contributed by atoms with Crippen LogP contribution in [0.1, 0.15) is 6.92 Å². The molecular weight excluding hydrogens is 318 g/mol. The van der Waals surface area contributed by atoms with Crippen molar-refractivity contribution in [1.82, 2.24) is 14.9 Å². The Balaban J connectivity index is 1.46. The summed E-state index contributed by atoms with van der Waals surface area (Å²) < 4.78 is 27.3. The van der Waals surface area contributed by atoms with E-state index in [4.69, 9.17) is 0 Å². The van der Waals surface area contributed by atoms with Gasteiger partial charge in [-0.2, -0.15) is 4.99 Å². The number of alkyl halides is 1. The molecule has 2 fully saturated rings. The molecule has 0 aliphatic carbocycles. The van der Waals surface area contributed by atoms with Crippen LogP contribution >= 0.6 is 0 Å². The average molecular weight is 334 g/mol. The maximum Gasteiger partial charge on any atom is 0.289 e. The lowest BCUT2D eigenvalue weighted by molar-refractivity contribution is -0.120. The minimum Gasteiger partial charge on any atom is -0.353 e. The summed E-state index contributed by atoms with van der Waals surface area (Å²) >= 11 is 0. The number of fused-ring (bicyclic) bond motifs is 1. The molecule has 1 amide bonds. The molecule has 24 heavy (non-hydrogen) atoms. The second-order valence-electron chi connectivity index (χ2n) is 6.39. The van der Waals surface area contributed by atoms with Crippen molar-refractivity contribution < 1.29 is 13.6 Å². The van der Waals surface area contributed by atoms with Gasteiger partial charge < -0.3 is 9.80 Å². The summed E-state index contributed by atoms with van der Waals surface area (Å²) in [6.07, 6.45) is 0.772. The van der Waals surface area contributed by atoms with E-state index in [1.807, 2.05) is 9.80 Å². The largest absolute Gasteiger partial charge is 0.353 e. The molecule has 126 valence electrons. The Bertz CT molecular complexity index is 737. The van der Waals surface area contributed by atoms with Crippen molar-refractivity contribution in [1.29, 1.82) is 0 Å². The Hall–Kier alpha value is -2.45. The lowest BCUT2D eigenvalue weighted by Gasteiger charge is -2.24. The van der Waals surface area contributed by atoms with Gasteiger partial charge in [-0.05, 0) is 6.92 Å². The highest BCUT2D eigenvalue weighted by Crippen LogP contribution is 2.34. The van der Waals surface area contributed by atoms with Gasteiger partial charge in [0, 0.05) is 38.0 Å². The van der Waals surface area contributed by atoms with Gasteiger partial charge in [0.15, 0.2) is 11.6 Å². The normalized spacial score (nSPS) is 29.6. The van der Waals surface area contributed by atoms with Crippen LogP contribution in [0.15, 0.2) is 22.5 Å². The van der Waals surface area contributed by atoms with Gasteiger partial charge in [0.1, 0.15) is 6.33 Å². The first-order valence-corrected chi connectivity index (χ1v) is 7.80. The number of halogens is 2. The topological polar surface area (TPSA) is 74.1 Å². The molecular formula is C15H16F2N6O. The standard InChI is InChI=1S/C15H16F2N6O/c1-8-12(17)14(24)21-15(20-8)23-5-9-3-22(4-10(9)6-23)13-11(16)2-18-7-19-13/h2,7,9-10,12H,3-6H2,1H3. The highest BCUT2D eigenvalue weighted by atomic mass is 19.1. The number of carbonyl (C=O) groups excluding carboxylic acids is 1. The summed E-state index contributed by atoms with van der Waals surface area (Å²) in [5.41, 5.74) is 0.145. The Kier molecular flexibility index (Phi) is 3.50. The molecule has 3 aliphatic heterocycles. The highest BCUT2D eigenvalue weighted by molar-refractivity contribution is 6.16. The molecule has 0 N–H and O–H groups in total. The third kappa shape index (κ3) is 2.44. The second kappa shape index (κ2) is 5.57. The SMILES string of the molecule is CC1=NC(N2CC3CN(c4ncncc4F)CC3C2)=NC(=O)C1F. The van der Waals surface area contributed by atoms with Gasteiger partial charge >= 0.3 is 0 Å². The highest BCUT2D eigenvalue weighted by Gasteiger charge is 2.43. The van der Waals surface area contributed by atoms with Crippen LogP contribution in [0.25, 0.3) is 0 Å². The van der Waals surface area contributed by atoms with Crippen LogP contribution < -0.4 is 4.90 Å². The molecule has 1 aromatic rings. The summed E-state index contributed by atoms with van der Waals surface area (Å²) in [5, 5.41) is 0. The van der Waals surface area contributed by atoms with Gasteiger partial charge in [-0.3, -0.25) is 4.79 Å².